The molecular weight excluding hydrogens is 350 g/mol. The first-order valence-corrected chi connectivity index (χ1v) is 9.66. The van der Waals surface area contributed by atoms with Crippen LogP contribution in [0.2, 0.25) is 0 Å². The minimum atomic E-state index is -0.320. The largest absolute Gasteiger partial charge is 0.349 e. The second kappa shape index (κ2) is 8.13. The highest BCUT2D eigenvalue weighted by atomic mass is 16.2. The highest BCUT2D eigenvalue weighted by molar-refractivity contribution is 6.06. The van der Waals surface area contributed by atoms with Crippen molar-refractivity contribution in [1.29, 1.82) is 0 Å². The lowest BCUT2D eigenvalue weighted by atomic mass is 10.1. The van der Waals surface area contributed by atoms with E-state index in [4.69, 9.17) is 0 Å². The number of hydrogen-bond donors (Lipinski definition) is 3. The van der Waals surface area contributed by atoms with Crippen LogP contribution in [0.5, 0.6) is 0 Å². The lowest BCUT2D eigenvalue weighted by Gasteiger charge is -2.13. The van der Waals surface area contributed by atoms with Gasteiger partial charge in [0.05, 0.1) is 5.69 Å². The third kappa shape index (κ3) is 4.14. The zero-order valence-electron chi connectivity index (χ0n) is 15.6. The van der Waals surface area contributed by atoms with Crippen LogP contribution in [0.25, 0.3) is 10.8 Å². The SMILES string of the molecule is O=C(Nc1ccc(C(=O)NC2CCCC2)cc1)Nc1cccc2ccccc12. The molecule has 0 bridgehead atoms. The van der Waals surface area contributed by atoms with Crippen molar-refractivity contribution in [3.63, 3.8) is 0 Å². The number of amides is 3. The third-order valence-electron chi connectivity index (χ3n) is 5.13. The summed E-state index contributed by atoms with van der Waals surface area (Å²) in [5.74, 6) is -0.0568. The lowest BCUT2D eigenvalue weighted by Crippen LogP contribution is -2.32. The van der Waals surface area contributed by atoms with Crippen molar-refractivity contribution in [2.75, 3.05) is 10.6 Å². The van der Waals surface area contributed by atoms with Gasteiger partial charge in [-0.15, -0.1) is 0 Å². The van der Waals surface area contributed by atoms with Gasteiger partial charge in [0.15, 0.2) is 0 Å². The standard InChI is InChI=1S/C23H23N3O2/c27-22(24-18-8-2-3-9-18)17-12-14-19(15-13-17)25-23(28)26-21-11-5-7-16-6-1-4-10-20(16)21/h1,4-7,10-15,18H,2-3,8-9H2,(H,24,27)(H2,25,26,28). The van der Waals surface area contributed by atoms with Crippen LogP contribution in [0.15, 0.2) is 66.7 Å². The Balaban J connectivity index is 1.38. The Morgan fingerprint density at radius 3 is 2.29 bits per heavy atom. The first kappa shape index (κ1) is 18.0. The van der Waals surface area contributed by atoms with Gasteiger partial charge in [-0.1, -0.05) is 49.2 Å². The van der Waals surface area contributed by atoms with Gasteiger partial charge in [-0.05, 0) is 48.6 Å². The number of urea groups is 1. The van der Waals surface area contributed by atoms with E-state index in [1.165, 1.54) is 12.8 Å². The smallest absolute Gasteiger partial charge is 0.323 e. The predicted molar refractivity (Wildman–Crippen MR) is 113 cm³/mol. The van der Waals surface area contributed by atoms with Crippen LogP contribution < -0.4 is 16.0 Å². The van der Waals surface area contributed by atoms with Gasteiger partial charge < -0.3 is 16.0 Å². The van der Waals surface area contributed by atoms with Crippen LogP contribution in [-0.4, -0.2) is 18.0 Å². The van der Waals surface area contributed by atoms with Crippen molar-refractivity contribution in [2.24, 2.45) is 0 Å². The summed E-state index contributed by atoms with van der Waals surface area (Å²) in [6.07, 6.45) is 4.47. The van der Waals surface area contributed by atoms with Crippen LogP contribution in [0.1, 0.15) is 36.0 Å². The Labute approximate surface area is 164 Å². The number of hydrogen-bond acceptors (Lipinski definition) is 2. The summed E-state index contributed by atoms with van der Waals surface area (Å²) in [6, 6.07) is 20.6. The Bertz CT molecular complexity index is 987. The molecule has 0 aliphatic heterocycles. The highest BCUT2D eigenvalue weighted by Gasteiger charge is 2.17. The summed E-state index contributed by atoms with van der Waals surface area (Å²) in [4.78, 5) is 24.7. The minimum absolute atomic E-state index is 0.0568. The fourth-order valence-electron chi connectivity index (χ4n) is 3.66. The molecule has 3 aromatic rings. The average molecular weight is 373 g/mol. The first-order valence-electron chi connectivity index (χ1n) is 9.66. The Hall–Kier alpha value is -3.34. The van der Waals surface area contributed by atoms with Crippen molar-refractivity contribution in [2.45, 2.75) is 31.7 Å². The van der Waals surface area contributed by atoms with Crippen LogP contribution in [0, 0.1) is 0 Å². The van der Waals surface area contributed by atoms with E-state index in [-0.39, 0.29) is 18.0 Å². The predicted octanol–water partition coefficient (Wildman–Crippen LogP) is 5.16. The maximum absolute atomic E-state index is 12.4. The van der Waals surface area contributed by atoms with Gasteiger partial charge in [-0.3, -0.25) is 4.79 Å². The summed E-state index contributed by atoms with van der Waals surface area (Å²) < 4.78 is 0. The Kier molecular flexibility index (Phi) is 5.24. The van der Waals surface area contributed by atoms with E-state index in [0.29, 0.717) is 11.3 Å². The van der Waals surface area contributed by atoms with Gasteiger partial charge in [-0.25, -0.2) is 4.79 Å². The van der Waals surface area contributed by atoms with Gasteiger partial charge in [0.1, 0.15) is 0 Å². The van der Waals surface area contributed by atoms with Gasteiger partial charge in [0.25, 0.3) is 5.91 Å². The number of benzene rings is 3. The first-order chi connectivity index (χ1) is 13.7. The molecule has 1 aliphatic rings. The van der Waals surface area contributed by atoms with E-state index in [1.807, 2.05) is 42.5 Å². The van der Waals surface area contributed by atoms with Crippen molar-refractivity contribution >= 4 is 34.1 Å². The van der Waals surface area contributed by atoms with E-state index in [9.17, 15) is 9.59 Å². The number of carbonyl (C=O) groups is 2. The molecule has 3 aromatic carbocycles. The van der Waals surface area contributed by atoms with E-state index in [1.54, 1.807) is 24.3 Å². The normalized spacial score (nSPS) is 14.0. The topological polar surface area (TPSA) is 70.2 Å². The molecule has 0 unspecified atom stereocenters. The zero-order chi connectivity index (χ0) is 19.3. The molecule has 28 heavy (non-hydrogen) atoms. The van der Waals surface area contributed by atoms with Gasteiger partial charge in [0, 0.05) is 22.7 Å². The molecule has 0 saturated heterocycles. The van der Waals surface area contributed by atoms with E-state index >= 15 is 0 Å². The molecule has 5 heteroatoms. The summed E-state index contributed by atoms with van der Waals surface area (Å²) in [6.45, 7) is 0. The van der Waals surface area contributed by atoms with Gasteiger partial charge in [0.2, 0.25) is 0 Å². The number of fused-ring (bicyclic) bond motifs is 1. The van der Waals surface area contributed by atoms with Crippen LogP contribution in [-0.2, 0) is 0 Å². The van der Waals surface area contributed by atoms with E-state index < -0.39 is 0 Å². The minimum Gasteiger partial charge on any atom is -0.349 e. The van der Waals surface area contributed by atoms with E-state index in [2.05, 4.69) is 16.0 Å². The van der Waals surface area contributed by atoms with Gasteiger partial charge >= 0.3 is 6.03 Å². The number of nitrogens with one attached hydrogen (secondary N) is 3. The number of rotatable bonds is 4. The molecule has 0 spiro atoms. The number of anilines is 2. The maximum atomic E-state index is 12.4. The van der Waals surface area contributed by atoms with Gasteiger partial charge in [-0.2, -0.15) is 0 Å². The molecule has 0 atom stereocenters. The summed E-state index contributed by atoms with van der Waals surface area (Å²) in [5, 5.41) is 10.8. The quantitative estimate of drug-likeness (QED) is 0.591. The molecule has 0 radical (unpaired) electrons. The zero-order valence-corrected chi connectivity index (χ0v) is 15.6. The molecule has 1 fully saturated rings. The fourth-order valence-corrected chi connectivity index (χ4v) is 3.66. The maximum Gasteiger partial charge on any atom is 0.323 e. The molecule has 3 N–H and O–H groups in total. The van der Waals surface area contributed by atoms with Crippen molar-refractivity contribution in [3.05, 3.63) is 72.3 Å². The summed E-state index contributed by atoms with van der Waals surface area (Å²) >= 11 is 0. The van der Waals surface area contributed by atoms with Crippen molar-refractivity contribution in [1.82, 2.24) is 5.32 Å². The van der Waals surface area contributed by atoms with Crippen LogP contribution >= 0.6 is 0 Å². The Morgan fingerprint density at radius 1 is 0.786 bits per heavy atom. The second-order valence-corrected chi connectivity index (χ2v) is 7.14. The van der Waals surface area contributed by atoms with Crippen LogP contribution in [0.3, 0.4) is 0 Å². The molecule has 0 heterocycles. The lowest BCUT2D eigenvalue weighted by molar-refractivity contribution is 0.0938. The molecule has 1 saturated carbocycles. The fraction of sp³-hybridized carbons (Fsp3) is 0.217. The highest BCUT2D eigenvalue weighted by Crippen LogP contribution is 2.23. The third-order valence-corrected chi connectivity index (χ3v) is 5.13. The van der Waals surface area contributed by atoms with Crippen molar-refractivity contribution < 1.29 is 9.59 Å². The molecule has 3 amide bonds. The molecule has 1 aliphatic carbocycles. The summed E-state index contributed by atoms with van der Waals surface area (Å²) in [5.41, 5.74) is 1.99. The Morgan fingerprint density at radius 2 is 1.50 bits per heavy atom. The van der Waals surface area contributed by atoms with E-state index in [0.717, 1.165) is 29.3 Å². The molecular formula is C23H23N3O2. The summed E-state index contributed by atoms with van der Waals surface area (Å²) in [7, 11) is 0. The molecule has 142 valence electrons. The number of carbonyl (C=O) groups excluding carboxylic acids is 2. The monoisotopic (exact) mass is 373 g/mol. The molecule has 4 rings (SSSR count). The van der Waals surface area contributed by atoms with Crippen LogP contribution in [0.4, 0.5) is 16.2 Å². The molecule has 0 aromatic heterocycles. The second-order valence-electron chi connectivity index (χ2n) is 7.14. The average Bonchev–Trinajstić information content (AvgIpc) is 3.22. The molecule has 5 nitrogen and oxygen atoms in total. The van der Waals surface area contributed by atoms with Crippen molar-refractivity contribution in [3.8, 4) is 0 Å².